The van der Waals surface area contributed by atoms with Gasteiger partial charge in [-0.1, -0.05) is 13.8 Å². The van der Waals surface area contributed by atoms with E-state index in [4.69, 9.17) is 11.5 Å². The third-order valence-electron chi connectivity index (χ3n) is 3.49. The number of nitrogens with two attached hydrogens (primary N) is 2. The second kappa shape index (κ2) is 3.66. The molecule has 0 saturated heterocycles. The van der Waals surface area contributed by atoms with Gasteiger partial charge in [0.1, 0.15) is 0 Å². The van der Waals surface area contributed by atoms with E-state index < -0.39 is 11.8 Å². The molecule has 18 heavy (non-hydrogen) atoms. The average molecular weight is 245 g/mol. The van der Waals surface area contributed by atoms with Gasteiger partial charge in [-0.3, -0.25) is 14.6 Å². The van der Waals surface area contributed by atoms with E-state index >= 15 is 0 Å². The Morgan fingerprint density at radius 3 is 2.28 bits per heavy atom. The molecule has 0 aliphatic carbocycles. The monoisotopic (exact) mass is 245 g/mol. The molecule has 5 heteroatoms. The maximum atomic E-state index is 11.5. The van der Waals surface area contributed by atoms with Gasteiger partial charge in [0.05, 0.1) is 5.69 Å². The van der Waals surface area contributed by atoms with E-state index in [9.17, 15) is 9.59 Å². The lowest BCUT2D eigenvalue weighted by atomic mass is 9.79. The normalized spacial score (nSPS) is 16.1. The van der Waals surface area contributed by atoms with Crippen molar-refractivity contribution in [3.8, 4) is 0 Å². The van der Waals surface area contributed by atoms with Crippen LogP contribution in [0.4, 0.5) is 5.69 Å². The predicted molar refractivity (Wildman–Crippen MR) is 69.3 cm³/mol. The quantitative estimate of drug-likeness (QED) is 0.820. The van der Waals surface area contributed by atoms with Crippen LogP contribution in [0.3, 0.4) is 0 Å². The number of hydrogen-bond donors (Lipinski definition) is 2. The molecule has 0 radical (unpaired) electrons. The molecule has 1 aromatic carbocycles. The van der Waals surface area contributed by atoms with Gasteiger partial charge in [0.25, 0.3) is 0 Å². The maximum Gasteiger partial charge on any atom is 0.249 e. The maximum absolute atomic E-state index is 11.5. The molecular formula is C13H15N3O2. The molecule has 0 spiro atoms. The van der Waals surface area contributed by atoms with E-state index in [0.717, 1.165) is 11.3 Å². The average Bonchev–Trinajstić information content (AvgIpc) is 2.48. The number of primary amides is 2. The highest BCUT2D eigenvalue weighted by atomic mass is 16.1. The van der Waals surface area contributed by atoms with Crippen molar-refractivity contribution in [3.63, 3.8) is 0 Å². The van der Waals surface area contributed by atoms with Crippen molar-refractivity contribution in [2.75, 3.05) is 0 Å². The van der Waals surface area contributed by atoms with Crippen LogP contribution in [-0.4, -0.2) is 17.5 Å². The molecule has 4 N–H and O–H groups in total. The van der Waals surface area contributed by atoms with Crippen LogP contribution in [0.15, 0.2) is 17.1 Å². The first-order valence-corrected chi connectivity index (χ1v) is 5.59. The van der Waals surface area contributed by atoms with Crippen molar-refractivity contribution >= 4 is 23.2 Å². The molecule has 1 aliphatic rings. The lowest BCUT2D eigenvalue weighted by molar-refractivity contribution is 0.0998. The topological polar surface area (TPSA) is 98.5 Å². The zero-order valence-corrected chi connectivity index (χ0v) is 10.6. The molecule has 0 atom stereocenters. The molecule has 5 nitrogen and oxygen atoms in total. The van der Waals surface area contributed by atoms with Gasteiger partial charge < -0.3 is 11.5 Å². The van der Waals surface area contributed by atoms with E-state index in [1.165, 1.54) is 6.07 Å². The van der Waals surface area contributed by atoms with Crippen molar-refractivity contribution < 1.29 is 9.59 Å². The molecule has 2 amide bonds. The van der Waals surface area contributed by atoms with E-state index in [1.807, 2.05) is 20.8 Å². The van der Waals surface area contributed by atoms with Crippen molar-refractivity contribution in [3.05, 3.63) is 28.8 Å². The Labute approximate surface area is 105 Å². The molecule has 0 aromatic heterocycles. The minimum absolute atomic E-state index is 0.247. The summed E-state index contributed by atoms with van der Waals surface area (Å²) in [4.78, 5) is 27.2. The van der Waals surface area contributed by atoms with Crippen LogP contribution in [0.2, 0.25) is 0 Å². The van der Waals surface area contributed by atoms with Crippen molar-refractivity contribution in [1.29, 1.82) is 0 Å². The number of carbonyl (C=O) groups is 2. The van der Waals surface area contributed by atoms with Crippen LogP contribution in [-0.2, 0) is 5.41 Å². The van der Waals surface area contributed by atoms with Gasteiger partial charge in [-0.25, -0.2) is 0 Å². The second-order valence-corrected chi connectivity index (χ2v) is 4.97. The van der Waals surface area contributed by atoms with Crippen LogP contribution in [0.1, 0.15) is 47.1 Å². The predicted octanol–water partition coefficient (Wildman–Crippen LogP) is 1.27. The molecule has 94 valence electrons. The number of nitrogens with zero attached hydrogens (tertiary/aromatic N) is 1. The third-order valence-corrected chi connectivity index (χ3v) is 3.49. The van der Waals surface area contributed by atoms with Crippen LogP contribution in [0, 0.1) is 0 Å². The molecule has 0 unspecified atom stereocenters. The van der Waals surface area contributed by atoms with Crippen molar-refractivity contribution in [2.45, 2.75) is 26.2 Å². The Hall–Kier alpha value is -2.17. The fraction of sp³-hybridized carbons (Fsp3) is 0.308. The number of carbonyl (C=O) groups excluding carboxylic acids is 2. The van der Waals surface area contributed by atoms with Crippen molar-refractivity contribution in [1.82, 2.24) is 0 Å². The van der Waals surface area contributed by atoms with Crippen LogP contribution < -0.4 is 11.5 Å². The molecule has 0 fully saturated rings. The summed E-state index contributed by atoms with van der Waals surface area (Å²) in [7, 11) is 0. The number of benzene rings is 1. The van der Waals surface area contributed by atoms with Gasteiger partial charge >= 0.3 is 0 Å². The first kappa shape index (κ1) is 12.3. The number of fused-ring (bicyclic) bond motifs is 1. The highest BCUT2D eigenvalue weighted by Crippen LogP contribution is 2.42. The van der Waals surface area contributed by atoms with Gasteiger partial charge in [0.2, 0.25) is 11.8 Å². The van der Waals surface area contributed by atoms with Crippen molar-refractivity contribution in [2.24, 2.45) is 16.5 Å². The summed E-state index contributed by atoms with van der Waals surface area (Å²) in [5.41, 5.74) is 13.1. The largest absolute Gasteiger partial charge is 0.366 e. The Kier molecular flexibility index (Phi) is 2.50. The SMILES string of the molecule is CC1=Nc2cc(C(N)=O)cc(C(N)=O)c2C1(C)C. The molecule has 1 aliphatic heterocycles. The summed E-state index contributed by atoms with van der Waals surface area (Å²) in [6.45, 7) is 5.82. The summed E-state index contributed by atoms with van der Waals surface area (Å²) in [5, 5.41) is 0. The van der Waals surface area contributed by atoms with E-state index in [1.54, 1.807) is 6.07 Å². The number of amides is 2. The number of rotatable bonds is 2. The van der Waals surface area contributed by atoms with Gasteiger partial charge in [0, 0.05) is 27.8 Å². The standard InChI is InChI=1S/C13H15N3O2/c1-6-13(2,3)10-8(12(15)18)4-7(11(14)17)5-9(10)16-6/h4-5H,1-3H3,(H2,14,17)(H2,15,18). The second-order valence-electron chi connectivity index (χ2n) is 4.97. The fourth-order valence-electron chi connectivity index (χ4n) is 2.21. The zero-order valence-electron chi connectivity index (χ0n) is 10.6. The zero-order chi connectivity index (χ0) is 13.7. The number of hydrogen-bond acceptors (Lipinski definition) is 3. The van der Waals surface area contributed by atoms with Gasteiger partial charge in [-0.15, -0.1) is 0 Å². The van der Waals surface area contributed by atoms with Crippen LogP contribution >= 0.6 is 0 Å². The lowest BCUT2D eigenvalue weighted by Crippen LogP contribution is -2.27. The summed E-state index contributed by atoms with van der Waals surface area (Å²) in [5.74, 6) is -1.18. The van der Waals surface area contributed by atoms with Gasteiger partial charge in [-0.05, 0) is 19.1 Å². The minimum atomic E-state index is -0.599. The summed E-state index contributed by atoms with van der Waals surface area (Å²) in [6.07, 6.45) is 0. The fourth-order valence-corrected chi connectivity index (χ4v) is 2.21. The molecule has 0 saturated carbocycles. The summed E-state index contributed by atoms with van der Waals surface area (Å²) < 4.78 is 0. The highest BCUT2D eigenvalue weighted by Gasteiger charge is 2.36. The van der Waals surface area contributed by atoms with Crippen LogP contribution in [0.5, 0.6) is 0 Å². The molecule has 2 rings (SSSR count). The minimum Gasteiger partial charge on any atom is -0.366 e. The highest BCUT2D eigenvalue weighted by molar-refractivity contribution is 6.08. The first-order chi connectivity index (χ1) is 8.25. The van der Waals surface area contributed by atoms with E-state index in [2.05, 4.69) is 4.99 Å². The molecule has 0 bridgehead atoms. The van der Waals surface area contributed by atoms with E-state index in [-0.39, 0.29) is 11.0 Å². The van der Waals surface area contributed by atoms with Gasteiger partial charge in [-0.2, -0.15) is 0 Å². The number of aliphatic imine (C=N–C) groups is 1. The smallest absolute Gasteiger partial charge is 0.249 e. The summed E-state index contributed by atoms with van der Waals surface area (Å²) in [6, 6.07) is 3.04. The first-order valence-electron chi connectivity index (χ1n) is 5.59. The van der Waals surface area contributed by atoms with E-state index in [0.29, 0.717) is 11.3 Å². The Balaban J connectivity index is 2.79. The lowest BCUT2D eigenvalue weighted by Gasteiger charge is -2.22. The Bertz CT molecular complexity index is 600. The molecular weight excluding hydrogens is 230 g/mol. The van der Waals surface area contributed by atoms with Crippen LogP contribution in [0.25, 0.3) is 0 Å². The summed E-state index contributed by atoms with van der Waals surface area (Å²) >= 11 is 0. The molecule has 1 aromatic rings. The Morgan fingerprint density at radius 1 is 1.17 bits per heavy atom. The third kappa shape index (κ3) is 1.59. The molecule has 1 heterocycles. The van der Waals surface area contributed by atoms with Gasteiger partial charge in [0.15, 0.2) is 0 Å². The Morgan fingerprint density at radius 2 is 1.78 bits per heavy atom.